The highest BCUT2D eigenvalue weighted by atomic mass is 16.3. The molecule has 4 N–H and O–H groups in total. The smallest absolute Gasteiger partial charge is 0.145 e. The van der Waals surface area contributed by atoms with Gasteiger partial charge in [0.2, 0.25) is 0 Å². The van der Waals surface area contributed by atoms with Gasteiger partial charge in [0.25, 0.3) is 0 Å². The zero-order chi connectivity index (χ0) is 20.3. The Balaban J connectivity index is 1.60. The number of phenolic OH excluding ortho intramolecular Hbond substituents is 1. The molecule has 0 saturated heterocycles. The number of amidine groups is 1. The van der Waals surface area contributed by atoms with Gasteiger partial charge in [-0.15, -0.1) is 0 Å². The van der Waals surface area contributed by atoms with Crippen LogP contribution in [0, 0.1) is 19.3 Å². The first-order valence-corrected chi connectivity index (χ1v) is 9.40. The van der Waals surface area contributed by atoms with Crippen molar-refractivity contribution in [1.82, 2.24) is 9.97 Å². The van der Waals surface area contributed by atoms with Crippen LogP contribution < -0.4 is 4.90 Å². The number of aliphatic hydroxyl groups is 1. The van der Waals surface area contributed by atoms with E-state index in [2.05, 4.69) is 9.97 Å². The number of aromatic nitrogens is 2. The number of imidazole rings is 1. The Kier molecular flexibility index (Phi) is 3.64. The second-order valence-corrected chi connectivity index (χ2v) is 7.44. The number of phenols is 1. The molecule has 1 aliphatic rings. The van der Waals surface area contributed by atoms with Crippen LogP contribution in [0.4, 0.5) is 5.69 Å². The van der Waals surface area contributed by atoms with Crippen LogP contribution in [0.2, 0.25) is 0 Å². The summed E-state index contributed by atoms with van der Waals surface area (Å²) in [4.78, 5) is 9.60. The van der Waals surface area contributed by atoms with Gasteiger partial charge in [0, 0.05) is 10.8 Å². The van der Waals surface area contributed by atoms with Crippen LogP contribution in [0.1, 0.15) is 17.0 Å². The van der Waals surface area contributed by atoms with Crippen LogP contribution in [-0.2, 0) is 0 Å². The molecule has 144 valence electrons. The Hall–Kier alpha value is -3.80. The average molecular weight is 384 g/mol. The lowest BCUT2D eigenvalue weighted by Crippen LogP contribution is -2.26. The van der Waals surface area contributed by atoms with E-state index >= 15 is 0 Å². The van der Waals surface area contributed by atoms with Crippen molar-refractivity contribution in [3.8, 4) is 5.75 Å². The van der Waals surface area contributed by atoms with E-state index < -0.39 is 0 Å². The van der Waals surface area contributed by atoms with E-state index in [1.165, 1.54) is 0 Å². The number of aryl methyl sites for hydroxylation is 2. The number of aromatic amines is 1. The molecule has 1 aromatic heterocycles. The summed E-state index contributed by atoms with van der Waals surface area (Å²) < 4.78 is 0. The predicted octanol–water partition coefficient (Wildman–Crippen LogP) is 4.81. The predicted molar refractivity (Wildman–Crippen MR) is 116 cm³/mol. The molecule has 0 unspecified atom stereocenters. The van der Waals surface area contributed by atoms with Gasteiger partial charge in [-0.25, -0.2) is 4.98 Å². The zero-order valence-electron chi connectivity index (χ0n) is 16.1. The molecule has 0 radical (unpaired) electrons. The first kappa shape index (κ1) is 17.3. The van der Waals surface area contributed by atoms with Crippen LogP contribution in [0.25, 0.3) is 27.4 Å². The Bertz CT molecular complexity index is 1310. The van der Waals surface area contributed by atoms with Crippen LogP contribution in [0.15, 0.2) is 54.3 Å². The maximum atomic E-state index is 10.7. The number of fused-ring (bicyclic) bond motifs is 2. The molecule has 6 nitrogen and oxygen atoms in total. The fourth-order valence-corrected chi connectivity index (χ4v) is 3.93. The van der Waals surface area contributed by atoms with E-state index in [9.17, 15) is 10.2 Å². The highest BCUT2D eigenvalue weighted by Gasteiger charge is 2.32. The number of nitrogens with zero attached hydrogens (tertiary/aromatic N) is 2. The summed E-state index contributed by atoms with van der Waals surface area (Å²) in [7, 11) is 0. The molecule has 0 fully saturated rings. The third-order valence-electron chi connectivity index (χ3n) is 5.60. The monoisotopic (exact) mass is 384 g/mol. The van der Waals surface area contributed by atoms with Gasteiger partial charge in [-0.2, -0.15) is 0 Å². The van der Waals surface area contributed by atoms with E-state index in [0.29, 0.717) is 16.8 Å². The Morgan fingerprint density at radius 2 is 1.72 bits per heavy atom. The minimum Gasteiger partial charge on any atom is -0.509 e. The molecule has 2 heterocycles. The number of benzene rings is 3. The number of hydrogen-bond donors (Lipinski definition) is 4. The second kappa shape index (κ2) is 6.10. The average Bonchev–Trinajstić information content (AvgIpc) is 3.21. The van der Waals surface area contributed by atoms with Gasteiger partial charge in [-0.1, -0.05) is 24.3 Å². The lowest BCUT2D eigenvalue weighted by molar-refractivity contribution is 0.411. The van der Waals surface area contributed by atoms with E-state index in [4.69, 9.17) is 5.41 Å². The molecule has 5 rings (SSSR count). The topological polar surface area (TPSA) is 96.2 Å². The summed E-state index contributed by atoms with van der Waals surface area (Å²) in [5.74, 6) is 0.944. The second-order valence-electron chi connectivity index (χ2n) is 7.44. The number of aliphatic hydroxyl groups excluding tert-OH is 1. The number of H-pyrrole nitrogens is 1. The molecular formula is C23H20N4O2. The highest BCUT2D eigenvalue weighted by Crippen LogP contribution is 2.37. The summed E-state index contributed by atoms with van der Waals surface area (Å²) in [6, 6.07) is 14.9. The van der Waals surface area contributed by atoms with E-state index in [-0.39, 0.29) is 23.9 Å². The highest BCUT2D eigenvalue weighted by molar-refractivity contribution is 6.31. The molecule has 1 aliphatic heterocycles. The summed E-state index contributed by atoms with van der Waals surface area (Å²) in [6.45, 7) is 4.26. The molecule has 29 heavy (non-hydrogen) atoms. The van der Waals surface area contributed by atoms with Gasteiger partial charge in [0.05, 0.1) is 28.8 Å². The standard InChI is InChI=1S/C23H20N4O2/c1-12-9-16-17(10-13(12)2)26-23(25-16)21-20(29)11-27(22(21)24)18-7-3-6-15-14(18)5-4-8-19(15)28/h3-10,24,28-29H,11H2,1-2H3,(H,25,26). The molecule has 6 heteroatoms. The molecule has 4 aromatic rings. The quantitative estimate of drug-likeness (QED) is 0.399. The maximum Gasteiger partial charge on any atom is 0.145 e. The fourth-order valence-electron chi connectivity index (χ4n) is 3.93. The lowest BCUT2D eigenvalue weighted by Gasteiger charge is -2.21. The van der Waals surface area contributed by atoms with Crippen molar-refractivity contribution < 1.29 is 10.2 Å². The number of nitrogens with one attached hydrogen (secondary N) is 2. The minimum atomic E-state index is 0.0969. The number of hydrogen-bond acceptors (Lipinski definition) is 4. The van der Waals surface area contributed by atoms with Crippen molar-refractivity contribution >= 4 is 38.9 Å². The van der Waals surface area contributed by atoms with Gasteiger partial charge in [0.15, 0.2) is 0 Å². The fraction of sp³-hybridized carbons (Fsp3) is 0.130. The first-order valence-electron chi connectivity index (χ1n) is 9.40. The number of rotatable bonds is 2. The molecule has 0 saturated carbocycles. The van der Waals surface area contributed by atoms with E-state index in [0.717, 1.165) is 33.2 Å². The Morgan fingerprint density at radius 3 is 2.55 bits per heavy atom. The molecular weight excluding hydrogens is 364 g/mol. The van der Waals surface area contributed by atoms with Crippen LogP contribution in [-0.4, -0.2) is 32.6 Å². The zero-order valence-corrected chi connectivity index (χ0v) is 16.1. The van der Waals surface area contributed by atoms with Crippen molar-refractivity contribution in [3.63, 3.8) is 0 Å². The van der Waals surface area contributed by atoms with Crippen LogP contribution in [0.5, 0.6) is 5.75 Å². The van der Waals surface area contributed by atoms with Crippen LogP contribution >= 0.6 is 0 Å². The molecule has 3 aromatic carbocycles. The van der Waals surface area contributed by atoms with Gasteiger partial charge in [0.1, 0.15) is 23.2 Å². The molecule has 0 aliphatic carbocycles. The van der Waals surface area contributed by atoms with Crippen molar-refractivity contribution in [2.75, 3.05) is 11.4 Å². The van der Waals surface area contributed by atoms with Gasteiger partial charge in [-0.3, -0.25) is 5.41 Å². The Morgan fingerprint density at radius 1 is 1.00 bits per heavy atom. The summed E-state index contributed by atoms with van der Waals surface area (Å²) in [5, 5.41) is 31.1. The van der Waals surface area contributed by atoms with Gasteiger partial charge in [-0.05, 0) is 49.2 Å². The summed E-state index contributed by atoms with van der Waals surface area (Å²) in [6.07, 6.45) is 0. The molecule has 0 spiro atoms. The molecule has 0 amide bonds. The number of aromatic hydroxyl groups is 1. The van der Waals surface area contributed by atoms with E-state index in [1.807, 2.05) is 50.2 Å². The summed E-state index contributed by atoms with van der Waals surface area (Å²) >= 11 is 0. The van der Waals surface area contributed by atoms with Crippen molar-refractivity contribution in [2.24, 2.45) is 0 Å². The SMILES string of the molecule is Cc1cc2nc(C3=C(O)CN(c4cccc5c(O)cccc45)C3=N)[nH]c2cc1C. The Labute approximate surface area is 167 Å². The first-order chi connectivity index (χ1) is 13.9. The summed E-state index contributed by atoms with van der Waals surface area (Å²) in [5.41, 5.74) is 5.15. The minimum absolute atomic E-state index is 0.0969. The van der Waals surface area contributed by atoms with Crippen LogP contribution in [0.3, 0.4) is 0 Å². The third-order valence-corrected chi connectivity index (χ3v) is 5.60. The third kappa shape index (κ3) is 2.56. The van der Waals surface area contributed by atoms with Gasteiger partial charge < -0.3 is 20.1 Å². The van der Waals surface area contributed by atoms with E-state index in [1.54, 1.807) is 17.0 Å². The molecule has 0 atom stereocenters. The lowest BCUT2D eigenvalue weighted by atomic mass is 10.1. The molecule has 0 bridgehead atoms. The maximum absolute atomic E-state index is 10.7. The van der Waals surface area contributed by atoms with Crippen molar-refractivity contribution in [1.29, 1.82) is 5.41 Å². The number of anilines is 1. The largest absolute Gasteiger partial charge is 0.509 e. The van der Waals surface area contributed by atoms with Crippen molar-refractivity contribution in [3.05, 3.63) is 71.2 Å². The normalized spacial score (nSPS) is 14.6. The van der Waals surface area contributed by atoms with Crippen molar-refractivity contribution in [2.45, 2.75) is 13.8 Å². The van der Waals surface area contributed by atoms with Gasteiger partial charge >= 0.3 is 0 Å².